The fourth-order valence-corrected chi connectivity index (χ4v) is 2.58. The quantitative estimate of drug-likeness (QED) is 0.869. The van der Waals surface area contributed by atoms with Crippen LogP contribution in [0, 0.1) is 0 Å². The molecule has 1 aliphatic rings. The van der Waals surface area contributed by atoms with Crippen LogP contribution in [-0.2, 0) is 4.74 Å². The molecular formula is C11H11N3O3S. The van der Waals surface area contributed by atoms with Crippen LogP contribution < -0.4 is 5.32 Å². The lowest BCUT2D eigenvalue weighted by Gasteiger charge is -2.22. The van der Waals surface area contributed by atoms with Crippen LogP contribution in [0.15, 0.2) is 22.8 Å². The molecule has 6 nitrogen and oxygen atoms in total. The van der Waals surface area contributed by atoms with Crippen molar-refractivity contribution in [3.05, 3.63) is 23.8 Å². The van der Waals surface area contributed by atoms with Gasteiger partial charge in [-0.25, -0.2) is 4.63 Å². The summed E-state index contributed by atoms with van der Waals surface area (Å²) < 4.78 is 10.1. The highest BCUT2D eigenvalue weighted by Crippen LogP contribution is 2.21. The van der Waals surface area contributed by atoms with Crippen molar-refractivity contribution in [2.24, 2.45) is 0 Å². The molecule has 94 valence electrons. The van der Waals surface area contributed by atoms with Crippen molar-refractivity contribution in [1.82, 2.24) is 15.6 Å². The molecular weight excluding hydrogens is 254 g/mol. The molecule has 0 bridgehead atoms. The first-order chi connectivity index (χ1) is 8.83. The minimum Gasteiger partial charge on any atom is -0.364 e. The predicted octanol–water partition coefficient (Wildman–Crippen LogP) is 1.04. The van der Waals surface area contributed by atoms with Crippen molar-refractivity contribution >= 4 is 27.9 Å². The average Bonchev–Trinajstić information content (AvgIpc) is 2.87. The fourth-order valence-electron chi connectivity index (χ4n) is 1.71. The normalized spacial score (nSPS) is 20.1. The summed E-state index contributed by atoms with van der Waals surface area (Å²) in [6.07, 6.45) is 0. The second kappa shape index (κ2) is 5.05. The minimum atomic E-state index is -0.127. The van der Waals surface area contributed by atoms with Gasteiger partial charge in [0, 0.05) is 18.7 Å². The maximum Gasteiger partial charge on any atom is 0.221 e. The summed E-state index contributed by atoms with van der Waals surface area (Å²) in [6.45, 7) is 2.16. The van der Waals surface area contributed by atoms with Crippen molar-refractivity contribution in [3.8, 4) is 0 Å². The molecule has 7 heteroatoms. The number of hydrogen-bond donors (Lipinski definition) is 1. The molecule has 1 aromatic heterocycles. The van der Waals surface area contributed by atoms with E-state index in [2.05, 4.69) is 20.3 Å². The standard InChI is InChI=1S/C11H11N3O3S/c15-11(18-10-6-12-3-4-16-10)7-1-2-8-9(5-7)14-17-13-8/h1-2,5,10,12H,3-4,6H2. The Morgan fingerprint density at radius 3 is 3.11 bits per heavy atom. The summed E-state index contributed by atoms with van der Waals surface area (Å²) in [6, 6.07) is 5.12. The molecule has 2 heterocycles. The number of carbonyl (C=O) groups is 1. The number of aromatic nitrogens is 2. The highest BCUT2D eigenvalue weighted by molar-refractivity contribution is 8.14. The number of rotatable bonds is 2. The maximum atomic E-state index is 12.1. The Balaban J connectivity index is 1.74. The molecule has 0 amide bonds. The lowest BCUT2D eigenvalue weighted by atomic mass is 10.2. The molecule has 1 atom stereocenters. The van der Waals surface area contributed by atoms with Gasteiger partial charge in [-0.05, 0) is 40.3 Å². The molecule has 1 N–H and O–H groups in total. The Morgan fingerprint density at radius 2 is 2.28 bits per heavy atom. The van der Waals surface area contributed by atoms with E-state index in [9.17, 15) is 4.79 Å². The molecule has 0 radical (unpaired) electrons. The first kappa shape index (κ1) is 11.6. The zero-order valence-corrected chi connectivity index (χ0v) is 10.3. The van der Waals surface area contributed by atoms with Gasteiger partial charge in [-0.15, -0.1) is 0 Å². The van der Waals surface area contributed by atoms with E-state index in [0.29, 0.717) is 29.7 Å². The molecule has 18 heavy (non-hydrogen) atoms. The van der Waals surface area contributed by atoms with Gasteiger partial charge in [0.25, 0.3) is 0 Å². The van der Waals surface area contributed by atoms with Gasteiger partial charge >= 0.3 is 0 Å². The predicted molar refractivity (Wildman–Crippen MR) is 66.3 cm³/mol. The topological polar surface area (TPSA) is 77.2 Å². The number of fused-ring (bicyclic) bond motifs is 1. The van der Waals surface area contributed by atoms with Gasteiger partial charge < -0.3 is 10.1 Å². The summed E-state index contributed by atoms with van der Waals surface area (Å²) >= 11 is 1.18. The van der Waals surface area contributed by atoms with Crippen LogP contribution in [0.2, 0.25) is 0 Å². The van der Waals surface area contributed by atoms with Crippen LogP contribution in [0.4, 0.5) is 0 Å². The molecule has 1 unspecified atom stereocenters. The van der Waals surface area contributed by atoms with Crippen LogP contribution in [0.1, 0.15) is 10.4 Å². The van der Waals surface area contributed by atoms with Crippen molar-refractivity contribution < 1.29 is 14.2 Å². The summed E-state index contributed by atoms with van der Waals surface area (Å²) in [5.74, 6) is 0. The van der Waals surface area contributed by atoms with Crippen molar-refractivity contribution in [1.29, 1.82) is 0 Å². The third-order valence-corrected chi connectivity index (χ3v) is 3.64. The fraction of sp³-hybridized carbons (Fsp3) is 0.364. The molecule has 2 aromatic rings. The SMILES string of the molecule is O=C(SC1CNCCO1)c1ccc2nonc2c1. The van der Waals surface area contributed by atoms with Crippen LogP contribution >= 0.6 is 11.8 Å². The number of hydrogen-bond acceptors (Lipinski definition) is 7. The summed E-state index contributed by atoms with van der Waals surface area (Å²) in [7, 11) is 0. The van der Waals surface area contributed by atoms with Gasteiger partial charge in [0.2, 0.25) is 5.12 Å². The van der Waals surface area contributed by atoms with E-state index >= 15 is 0 Å². The number of thioether (sulfide) groups is 1. The highest BCUT2D eigenvalue weighted by Gasteiger charge is 2.19. The second-order valence-corrected chi connectivity index (χ2v) is 5.01. The molecule has 1 fully saturated rings. The smallest absolute Gasteiger partial charge is 0.221 e. The number of nitrogens with one attached hydrogen (secondary N) is 1. The first-order valence-corrected chi connectivity index (χ1v) is 6.46. The van der Waals surface area contributed by atoms with Crippen molar-refractivity contribution in [3.63, 3.8) is 0 Å². The van der Waals surface area contributed by atoms with Gasteiger partial charge in [0.15, 0.2) is 0 Å². The average molecular weight is 265 g/mol. The molecule has 1 aliphatic heterocycles. The van der Waals surface area contributed by atoms with Gasteiger partial charge in [-0.1, -0.05) is 0 Å². The van der Waals surface area contributed by atoms with Crippen LogP contribution in [0.3, 0.4) is 0 Å². The highest BCUT2D eigenvalue weighted by atomic mass is 32.2. The molecule has 3 rings (SSSR count). The Labute approximate surface area is 107 Å². The second-order valence-electron chi connectivity index (χ2n) is 3.88. The van der Waals surface area contributed by atoms with Crippen molar-refractivity contribution in [2.45, 2.75) is 5.44 Å². The molecule has 0 saturated carbocycles. The zero-order valence-electron chi connectivity index (χ0n) is 9.46. The van der Waals surface area contributed by atoms with E-state index in [-0.39, 0.29) is 10.6 Å². The monoisotopic (exact) mass is 265 g/mol. The number of benzene rings is 1. The van der Waals surface area contributed by atoms with Gasteiger partial charge in [-0.2, -0.15) is 0 Å². The zero-order chi connectivity index (χ0) is 12.4. The van der Waals surface area contributed by atoms with E-state index < -0.39 is 0 Å². The number of nitrogens with zero attached hydrogens (tertiary/aromatic N) is 2. The Kier molecular flexibility index (Phi) is 3.26. The van der Waals surface area contributed by atoms with Crippen LogP contribution in [-0.4, -0.2) is 40.6 Å². The maximum absolute atomic E-state index is 12.1. The Hall–Kier alpha value is -1.44. The third kappa shape index (κ3) is 2.38. The minimum absolute atomic E-state index is 0.0337. The number of carbonyl (C=O) groups excluding carboxylic acids is 1. The van der Waals surface area contributed by atoms with Gasteiger partial charge in [0.05, 0.1) is 6.61 Å². The van der Waals surface area contributed by atoms with Crippen LogP contribution in [0.25, 0.3) is 11.0 Å². The Morgan fingerprint density at radius 1 is 1.39 bits per heavy atom. The number of ether oxygens (including phenoxy) is 1. The van der Waals surface area contributed by atoms with E-state index in [4.69, 9.17) is 4.74 Å². The van der Waals surface area contributed by atoms with E-state index in [1.165, 1.54) is 11.8 Å². The van der Waals surface area contributed by atoms with E-state index in [1.54, 1.807) is 18.2 Å². The number of morpholine rings is 1. The molecule has 1 aromatic carbocycles. The largest absolute Gasteiger partial charge is 0.364 e. The first-order valence-electron chi connectivity index (χ1n) is 5.58. The van der Waals surface area contributed by atoms with E-state index in [0.717, 1.165) is 6.54 Å². The lowest BCUT2D eigenvalue weighted by molar-refractivity contribution is 0.0835. The molecule has 0 spiro atoms. The van der Waals surface area contributed by atoms with Gasteiger partial charge in [-0.3, -0.25) is 4.79 Å². The third-order valence-electron chi connectivity index (χ3n) is 2.62. The van der Waals surface area contributed by atoms with Gasteiger partial charge in [0.1, 0.15) is 16.5 Å². The lowest BCUT2D eigenvalue weighted by Crippen LogP contribution is -2.37. The Bertz CT molecular complexity index is 565. The molecule has 0 aliphatic carbocycles. The summed E-state index contributed by atoms with van der Waals surface area (Å²) in [4.78, 5) is 12.1. The molecule has 1 saturated heterocycles. The summed E-state index contributed by atoms with van der Waals surface area (Å²) in [5.41, 5.74) is 1.69. The van der Waals surface area contributed by atoms with Crippen LogP contribution in [0.5, 0.6) is 0 Å². The summed E-state index contributed by atoms with van der Waals surface area (Å²) in [5, 5.41) is 10.6. The van der Waals surface area contributed by atoms with Crippen molar-refractivity contribution in [2.75, 3.05) is 19.7 Å². The van der Waals surface area contributed by atoms with E-state index in [1.807, 2.05) is 0 Å².